The van der Waals surface area contributed by atoms with Gasteiger partial charge in [0.25, 0.3) is 0 Å². The number of aliphatic imine (C=N–C) groups is 1. The highest BCUT2D eigenvalue weighted by Crippen LogP contribution is 2.33. The minimum atomic E-state index is -3.08. The van der Waals surface area contributed by atoms with Crippen LogP contribution in [-0.4, -0.2) is 77.3 Å². The quantitative estimate of drug-likeness (QED) is 0.342. The van der Waals surface area contributed by atoms with Crippen LogP contribution in [0.1, 0.15) is 24.0 Å². The van der Waals surface area contributed by atoms with E-state index in [9.17, 15) is 8.42 Å². The molecule has 1 aromatic rings. The maximum Gasteiger partial charge on any atom is 0.211 e. The van der Waals surface area contributed by atoms with Gasteiger partial charge in [-0.15, -0.1) is 24.0 Å². The normalized spacial score (nSPS) is 18.4. The minimum Gasteiger partial charge on any atom is -0.493 e. The average molecular weight is 552 g/mol. The Labute approximate surface area is 197 Å². The van der Waals surface area contributed by atoms with E-state index in [0.717, 1.165) is 56.4 Å². The predicted octanol–water partition coefficient (Wildman–Crippen LogP) is 1.93. The molecular weight excluding hydrogens is 519 g/mol. The zero-order chi connectivity index (χ0) is 21.0. The monoisotopic (exact) mass is 552 g/mol. The molecule has 3 rings (SSSR count). The molecule has 0 radical (unpaired) electrons. The lowest BCUT2D eigenvalue weighted by molar-refractivity contribution is 0.271. The number of fused-ring (bicyclic) bond motifs is 1. The van der Waals surface area contributed by atoms with Crippen molar-refractivity contribution in [1.82, 2.24) is 14.5 Å². The van der Waals surface area contributed by atoms with Crippen molar-refractivity contribution in [3.63, 3.8) is 0 Å². The van der Waals surface area contributed by atoms with Gasteiger partial charge in [0.05, 0.1) is 20.5 Å². The number of benzene rings is 1. The van der Waals surface area contributed by atoms with Crippen LogP contribution >= 0.6 is 24.0 Å². The fraction of sp³-hybridized carbons (Fsp3) is 0.650. The average Bonchev–Trinajstić information content (AvgIpc) is 2.72. The van der Waals surface area contributed by atoms with E-state index in [1.54, 1.807) is 25.6 Å². The van der Waals surface area contributed by atoms with Crippen molar-refractivity contribution in [2.24, 2.45) is 10.9 Å². The first-order valence-corrected chi connectivity index (χ1v) is 11.8. The highest BCUT2D eigenvalue weighted by Gasteiger charge is 2.26. The van der Waals surface area contributed by atoms with E-state index in [0.29, 0.717) is 19.0 Å². The van der Waals surface area contributed by atoms with Gasteiger partial charge < -0.3 is 19.7 Å². The van der Waals surface area contributed by atoms with E-state index < -0.39 is 10.0 Å². The lowest BCUT2D eigenvalue weighted by Crippen LogP contribution is -2.47. The summed E-state index contributed by atoms with van der Waals surface area (Å²) >= 11 is 0. The van der Waals surface area contributed by atoms with Crippen molar-refractivity contribution in [1.29, 1.82) is 0 Å². The SMILES string of the molecule is CN=C(NCC1CCN(S(C)(=O)=O)CC1)N1CCc2cc(OC)c(OC)cc2C1.I. The van der Waals surface area contributed by atoms with Crippen LogP contribution in [0, 0.1) is 5.92 Å². The first-order valence-electron chi connectivity index (χ1n) is 10.00. The fourth-order valence-corrected chi connectivity index (χ4v) is 4.95. The number of hydrogen-bond acceptors (Lipinski definition) is 5. The molecule has 1 N–H and O–H groups in total. The Bertz CT molecular complexity index is 855. The highest BCUT2D eigenvalue weighted by atomic mass is 127. The van der Waals surface area contributed by atoms with Crippen molar-refractivity contribution in [3.05, 3.63) is 23.3 Å². The Morgan fingerprint density at radius 3 is 2.27 bits per heavy atom. The molecule has 0 aliphatic carbocycles. The number of rotatable bonds is 5. The molecule has 8 nitrogen and oxygen atoms in total. The molecule has 10 heteroatoms. The van der Waals surface area contributed by atoms with Gasteiger partial charge in [-0.3, -0.25) is 4.99 Å². The van der Waals surface area contributed by atoms with Gasteiger partial charge in [-0.1, -0.05) is 0 Å². The van der Waals surface area contributed by atoms with Gasteiger partial charge in [0, 0.05) is 39.8 Å². The zero-order valence-corrected chi connectivity index (χ0v) is 21.3. The molecular formula is C20H33IN4O4S. The molecule has 1 fully saturated rings. The van der Waals surface area contributed by atoms with Crippen LogP contribution < -0.4 is 14.8 Å². The Morgan fingerprint density at radius 1 is 1.13 bits per heavy atom. The van der Waals surface area contributed by atoms with E-state index >= 15 is 0 Å². The number of nitrogens with zero attached hydrogens (tertiary/aromatic N) is 3. The maximum absolute atomic E-state index is 11.7. The van der Waals surface area contributed by atoms with E-state index in [4.69, 9.17) is 9.47 Å². The van der Waals surface area contributed by atoms with Gasteiger partial charge in [-0.25, -0.2) is 12.7 Å². The van der Waals surface area contributed by atoms with E-state index in [2.05, 4.69) is 27.3 Å². The summed E-state index contributed by atoms with van der Waals surface area (Å²) in [5.41, 5.74) is 2.50. The first kappa shape index (κ1) is 25.0. The van der Waals surface area contributed by atoms with Gasteiger partial charge in [0.2, 0.25) is 10.0 Å². The third-order valence-corrected chi connectivity index (χ3v) is 7.12. The molecule has 0 spiro atoms. The summed E-state index contributed by atoms with van der Waals surface area (Å²) in [4.78, 5) is 6.72. The maximum atomic E-state index is 11.7. The van der Waals surface area contributed by atoms with E-state index in [1.165, 1.54) is 17.4 Å². The number of nitrogens with one attached hydrogen (secondary N) is 1. The molecule has 2 aliphatic heterocycles. The molecule has 1 aromatic carbocycles. The fourth-order valence-electron chi connectivity index (χ4n) is 4.08. The second kappa shape index (κ2) is 10.9. The number of sulfonamides is 1. The molecule has 0 amide bonds. The largest absolute Gasteiger partial charge is 0.493 e. The highest BCUT2D eigenvalue weighted by molar-refractivity contribution is 14.0. The summed E-state index contributed by atoms with van der Waals surface area (Å²) < 4.78 is 35.8. The number of hydrogen-bond donors (Lipinski definition) is 1. The molecule has 1 saturated heterocycles. The second-order valence-electron chi connectivity index (χ2n) is 7.68. The van der Waals surface area contributed by atoms with Crippen LogP contribution in [0.4, 0.5) is 0 Å². The summed E-state index contributed by atoms with van der Waals surface area (Å²) in [5, 5.41) is 3.50. The molecule has 0 bridgehead atoms. The predicted molar refractivity (Wildman–Crippen MR) is 130 cm³/mol. The van der Waals surface area contributed by atoms with Crippen LogP contribution in [0.15, 0.2) is 17.1 Å². The van der Waals surface area contributed by atoms with Crippen molar-refractivity contribution in [2.45, 2.75) is 25.8 Å². The van der Waals surface area contributed by atoms with Gasteiger partial charge in [-0.2, -0.15) is 0 Å². The third kappa shape index (κ3) is 5.91. The smallest absolute Gasteiger partial charge is 0.211 e. The number of ether oxygens (including phenoxy) is 2. The lowest BCUT2D eigenvalue weighted by atomic mass is 9.98. The molecule has 0 unspecified atom stereocenters. The Kier molecular flexibility index (Phi) is 9.04. The number of guanidine groups is 1. The molecule has 30 heavy (non-hydrogen) atoms. The van der Waals surface area contributed by atoms with Crippen LogP contribution in [0.25, 0.3) is 0 Å². The second-order valence-corrected chi connectivity index (χ2v) is 9.66. The first-order chi connectivity index (χ1) is 13.9. The standard InChI is InChI=1S/C20H32N4O4S.HI/c1-21-20(22-13-15-5-9-24(10-6-15)29(4,25)26)23-8-7-16-11-18(27-2)19(28-3)12-17(16)14-23;/h11-12,15H,5-10,13-14H2,1-4H3,(H,21,22);1H. The van der Waals surface area contributed by atoms with Crippen LogP contribution in [0.2, 0.25) is 0 Å². The Morgan fingerprint density at radius 2 is 1.73 bits per heavy atom. The van der Waals surface area contributed by atoms with Crippen molar-refractivity contribution in [2.75, 3.05) is 53.7 Å². The van der Waals surface area contributed by atoms with Crippen LogP contribution in [0.3, 0.4) is 0 Å². The summed E-state index contributed by atoms with van der Waals surface area (Å²) in [6.45, 7) is 3.65. The lowest BCUT2D eigenvalue weighted by Gasteiger charge is -2.34. The van der Waals surface area contributed by atoms with E-state index in [-0.39, 0.29) is 24.0 Å². The summed E-state index contributed by atoms with van der Waals surface area (Å²) in [7, 11) is 2.04. The number of halogens is 1. The zero-order valence-electron chi connectivity index (χ0n) is 18.2. The van der Waals surface area contributed by atoms with Crippen molar-refractivity contribution in [3.8, 4) is 11.5 Å². The van der Waals surface area contributed by atoms with Crippen molar-refractivity contribution >= 4 is 40.0 Å². The minimum absolute atomic E-state index is 0. The molecule has 2 aliphatic rings. The number of methoxy groups -OCH3 is 2. The third-order valence-electron chi connectivity index (χ3n) is 5.82. The molecule has 0 atom stereocenters. The molecule has 0 saturated carbocycles. The topological polar surface area (TPSA) is 83.5 Å². The number of piperidine rings is 1. The molecule has 2 heterocycles. The Balaban J connectivity index is 0.00000320. The van der Waals surface area contributed by atoms with Crippen LogP contribution in [0.5, 0.6) is 11.5 Å². The van der Waals surface area contributed by atoms with Crippen molar-refractivity contribution < 1.29 is 17.9 Å². The van der Waals surface area contributed by atoms with Gasteiger partial charge in [0.1, 0.15) is 0 Å². The summed E-state index contributed by atoms with van der Waals surface area (Å²) in [5.74, 6) is 2.85. The van der Waals surface area contributed by atoms with E-state index in [1.807, 2.05) is 0 Å². The molecule has 170 valence electrons. The van der Waals surface area contributed by atoms with Gasteiger partial charge in [-0.05, 0) is 48.4 Å². The molecule has 0 aromatic heterocycles. The summed E-state index contributed by atoms with van der Waals surface area (Å²) in [6.07, 6.45) is 3.95. The summed E-state index contributed by atoms with van der Waals surface area (Å²) in [6, 6.07) is 4.12. The van der Waals surface area contributed by atoms with Gasteiger partial charge >= 0.3 is 0 Å². The van der Waals surface area contributed by atoms with Gasteiger partial charge in [0.15, 0.2) is 17.5 Å². The van der Waals surface area contributed by atoms with Crippen LogP contribution in [-0.2, 0) is 23.0 Å². The Hall–Kier alpha value is -1.27.